The van der Waals surface area contributed by atoms with Gasteiger partial charge in [0.1, 0.15) is 0 Å². The Morgan fingerprint density at radius 1 is 1.00 bits per heavy atom. The summed E-state index contributed by atoms with van der Waals surface area (Å²) < 4.78 is 1.16. The fourth-order valence-corrected chi connectivity index (χ4v) is 1.30. The van der Waals surface area contributed by atoms with Crippen LogP contribution in [0.15, 0.2) is 22.7 Å². The van der Waals surface area contributed by atoms with E-state index in [9.17, 15) is 0 Å². The molecule has 0 nitrogen and oxygen atoms in total. The molecular weight excluding hydrogens is 176 g/mol. The van der Waals surface area contributed by atoms with Crippen molar-refractivity contribution >= 4 is 28.1 Å². The molecule has 0 amide bonds. The monoisotopic (exact) mass is 180 g/mol. The van der Waals surface area contributed by atoms with Gasteiger partial charge in [-0.2, -0.15) is 0 Å². The van der Waals surface area contributed by atoms with Crippen LogP contribution in [0.5, 0.6) is 0 Å². The zero-order chi connectivity index (χ0) is 6.27. The molecule has 1 aromatic rings. The van der Waals surface area contributed by atoms with Crippen LogP contribution >= 0.6 is 15.9 Å². The van der Waals surface area contributed by atoms with Crippen LogP contribution in [-0.2, 0) is 0 Å². The SMILES string of the molecule is Brc1ccc2c(c1)C=C2. The maximum Gasteiger partial charge on any atom is 0.0181 e. The summed E-state index contributed by atoms with van der Waals surface area (Å²) in [5.41, 5.74) is 2.68. The predicted molar refractivity (Wildman–Crippen MR) is 43.1 cm³/mol. The van der Waals surface area contributed by atoms with E-state index in [1.165, 1.54) is 11.1 Å². The number of halogens is 1. The molecule has 1 aliphatic carbocycles. The molecule has 0 spiro atoms. The summed E-state index contributed by atoms with van der Waals surface area (Å²) in [5, 5.41) is 0. The second-order valence-corrected chi connectivity index (χ2v) is 3.02. The molecule has 0 saturated heterocycles. The minimum atomic E-state index is 1.16. The van der Waals surface area contributed by atoms with E-state index in [-0.39, 0.29) is 0 Å². The number of rotatable bonds is 0. The molecule has 44 valence electrons. The van der Waals surface area contributed by atoms with Crippen molar-refractivity contribution in [2.45, 2.75) is 0 Å². The smallest absolute Gasteiger partial charge is 0.0181 e. The summed E-state index contributed by atoms with van der Waals surface area (Å²) >= 11 is 3.40. The van der Waals surface area contributed by atoms with E-state index in [0.717, 1.165) is 4.47 Å². The summed E-state index contributed by atoms with van der Waals surface area (Å²) in [6.45, 7) is 0. The Morgan fingerprint density at radius 3 is 2.22 bits per heavy atom. The van der Waals surface area contributed by atoms with Crippen molar-refractivity contribution < 1.29 is 0 Å². The number of hydrogen-bond donors (Lipinski definition) is 0. The van der Waals surface area contributed by atoms with Gasteiger partial charge in [-0.1, -0.05) is 34.1 Å². The van der Waals surface area contributed by atoms with Gasteiger partial charge in [-0.15, -0.1) is 0 Å². The molecule has 0 N–H and O–H groups in total. The van der Waals surface area contributed by atoms with Gasteiger partial charge in [0.25, 0.3) is 0 Å². The third kappa shape index (κ3) is 0.724. The zero-order valence-corrected chi connectivity index (χ0v) is 6.35. The van der Waals surface area contributed by atoms with Gasteiger partial charge in [-0.05, 0) is 23.3 Å². The van der Waals surface area contributed by atoms with Gasteiger partial charge in [0.15, 0.2) is 0 Å². The van der Waals surface area contributed by atoms with Crippen molar-refractivity contribution in [3.63, 3.8) is 0 Å². The first kappa shape index (κ1) is 5.24. The maximum atomic E-state index is 3.40. The van der Waals surface area contributed by atoms with E-state index in [1.54, 1.807) is 0 Å². The van der Waals surface area contributed by atoms with Gasteiger partial charge >= 0.3 is 0 Å². The van der Waals surface area contributed by atoms with E-state index in [0.29, 0.717) is 0 Å². The minimum absolute atomic E-state index is 1.16. The van der Waals surface area contributed by atoms with E-state index in [1.807, 2.05) is 0 Å². The van der Waals surface area contributed by atoms with E-state index >= 15 is 0 Å². The van der Waals surface area contributed by atoms with Crippen LogP contribution in [0, 0.1) is 0 Å². The Morgan fingerprint density at radius 2 is 1.78 bits per heavy atom. The molecular formula is C8H5Br. The number of fused-ring (bicyclic) bond motifs is 1. The largest absolute Gasteiger partial charge is 0.0538 e. The third-order valence-corrected chi connectivity index (χ3v) is 1.98. The summed E-state index contributed by atoms with van der Waals surface area (Å²) in [5.74, 6) is 0. The van der Waals surface area contributed by atoms with Crippen molar-refractivity contribution in [1.82, 2.24) is 0 Å². The highest BCUT2D eigenvalue weighted by Gasteiger charge is 2.03. The molecule has 0 atom stereocenters. The lowest BCUT2D eigenvalue weighted by atomic mass is 9.99. The lowest BCUT2D eigenvalue weighted by Gasteiger charge is -2.08. The second kappa shape index (κ2) is 1.71. The molecule has 0 aliphatic heterocycles. The lowest BCUT2D eigenvalue weighted by molar-refractivity contribution is 1.54. The van der Waals surface area contributed by atoms with Crippen LogP contribution in [0.2, 0.25) is 0 Å². The molecule has 1 heteroatoms. The summed E-state index contributed by atoms with van der Waals surface area (Å²) in [6, 6.07) is 6.29. The topological polar surface area (TPSA) is 0 Å². The molecule has 0 unspecified atom stereocenters. The normalized spacial score (nSPS) is 12.6. The summed E-state index contributed by atoms with van der Waals surface area (Å²) in [6.07, 6.45) is 4.22. The van der Waals surface area contributed by atoms with Gasteiger partial charge in [0, 0.05) is 4.47 Å². The summed E-state index contributed by atoms with van der Waals surface area (Å²) in [4.78, 5) is 0. The molecule has 0 heterocycles. The van der Waals surface area contributed by atoms with Crippen LogP contribution in [0.25, 0.3) is 12.2 Å². The van der Waals surface area contributed by atoms with Crippen molar-refractivity contribution in [2.24, 2.45) is 0 Å². The standard InChI is InChI=1S/C8H5Br/c9-8-4-3-6-1-2-7(6)5-8/h1-5H. The van der Waals surface area contributed by atoms with E-state index < -0.39 is 0 Å². The van der Waals surface area contributed by atoms with Crippen molar-refractivity contribution in [1.29, 1.82) is 0 Å². The fourth-order valence-electron chi connectivity index (χ4n) is 0.925. The molecule has 1 aliphatic rings. The summed E-state index contributed by atoms with van der Waals surface area (Å²) in [7, 11) is 0. The van der Waals surface area contributed by atoms with Crippen LogP contribution in [0.1, 0.15) is 11.1 Å². The molecule has 2 rings (SSSR count). The first-order valence-corrected chi connectivity index (χ1v) is 3.63. The molecule has 9 heavy (non-hydrogen) atoms. The fraction of sp³-hybridized carbons (Fsp3) is 0. The lowest BCUT2D eigenvalue weighted by Crippen LogP contribution is -1.87. The first-order valence-electron chi connectivity index (χ1n) is 2.84. The van der Waals surface area contributed by atoms with E-state index in [2.05, 4.69) is 46.3 Å². The average molecular weight is 181 g/mol. The highest BCUT2D eigenvalue weighted by molar-refractivity contribution is 9.10. The zero-order valence-electron chi connectivity index (χ0n) is 4.76. The van der Waals surface area contributed by atoms with Crippen molar-refractivity contribution in [2.75, 3.05) is 0 Å². The highest BCUT2D eigenvalue weighted by atomic mass is 79.9. The molecule has 0 aromatic heterocycles. The molecule has 0 radical (unpaired) electrons. The number of benzene rings is 1. The van der Waals surface area contributed by atoms with Gasteiger partial charge in [0.2, 0.25) is 0 Å². The van der Waals surface area contributed by atoms with Crippen LogP contribution < -0.4 is 0 Å². The quantitative estimate of drug-likeness (QED) is 0.586. The highest BCUT2D eigenvalue weighted by Crippen LogP contribution is 2.26. The van der Waals surface area contributed by atoms with Crippen LogP contribution in [0.3, 0.4) is 0 Å². The second-order valence-electron chi connectivity index (χ2n) is 2.11. The Bertz CT molecular complexity index is 274. The first-order chi connectivity index (χ1) is 4.36. The van der Waals surface area contributed by atoms with Crippen molar-refractivity contribution in [3.05, 3.63) is 33.8 Å². The molecule has 0 fully saturated rings. The Labute approximate surface area is 62.3 Å². The Balaban J connectivity index is 2.63. The predicted octanol–water partition coefficient (Wildman–Crippen LogP) is 2.93. The van der Waals surface area contributed by atoms with Gasteiger partial charge < -0.3 is 0 Å². The van der Waals surface area contributed by atoms with Gasteiger partial charge in [-0.25, -0.2) is 0 Å². The molecule has 1 aromatic carbocycles. The Kier molecular flexibility index (Phi) is 0.995. The van der Waals surface area contributed by atoms with Gasteiger partial charge in [0.05, 0.1) is 0 Å². The maximum absolute atomic E-state index is 3.40. The van der Waals surface area contributed by atoms with Crippen LogP contribution in [-0.4, -0.2) is 0 Å². The number of hydrogen-bond acceptors (Lipinski definition) is 0. The van der Waals surface area contributed by atoms with Gasteiger partial charge in [-0.3, -0.25) is 0 Å². The van der Waals surface area contributed by atoms with E-state index in [4.69, 9.17) is 0 Å². The average Bonchev–Trinajstić information content (AvgIpc) is 1.78. The minimum Gasteiger partial charge on any atom is -0.0538 e. The van der Waals surface area contributed by atoms with Crippen molar-refractivity contribution in [3.8, 4) is 0 Å². The van der Waals surface area contributed by atoms with Crippen LogP contribution in [0.4, 0.5) is 0 Å². The molecule has 0 saturated carbocycles. The molecule has 0 bridgehead atoms. The Hall–Kier alpha value is -0.560. The third-order valence-electron chi connectivity index (χ3n) is 1.49.